The zero-order valence-corrected chi connectivity index (χ0v) is 10.2. The average molecular weight is 230 g/mol. The zero-order valence-electron chi connectivity index (χ0n) is 10.2. The lowest BCUT2D eigenvalue weighted by Gasteiger charge is -2.08. The Morgan fingerprint density at radius 1 is 1.25 bits per heavy atom. The third kappa shape index (κ3) is 9.49. The average Bonchev–Trinajstić information content (AvgIpc) is 2.24. The Morgan fingerprint density at radius 2 is 1.88 bits per heavy atom. The van der Waals surface area contributed by atoms with Crippen molar-refractivity contribution in [1.29, 1.82) is 0 Å². The van der Waals surface area contributed by atoms with Gasteiger partial charge in [-0.05, 0) is 25.2 Å². The molecule has 0 rings (SSSR count). The first-order valence-electron chi connectivity index (χ1n) is 5.93. The quantitative estimate of drug-likeness (QED) is 0.488. The molecule has 0 bridgehead atoms. The normalized spacial score (nSPS) is 12.1. The van der Waals surface area contributed by atoms with Crippen molar-refractivity contribution in [3.63, 3.8) is 0 Å². The molecule has 1 unspecified atom stereocenters. The van der Waals surface area contributed by atoms with Gasteiger partial charge in [-0.3, -0.25) is 9.59 Å². The van der Waals surface area contributed by atoms with Gasteiger partial charge in [-0.2, -0.15) is 0 Å². The minimum atomic E-state index is -0.815. The van der Waals surface area contributed by atoms with Gasteiger partial charge >= 0.3 is 11.9 Å². The molecule has 0 aliphatic heterocycles. The number of carboxylic acids is 1. The van der Waals surface area contributed by atoms with Crippen LogP contribution < -0.4 is 0 Å². The Bertz CT molecular complexity index is 213. The van der Waals surface area contributed by atoms with Gasteiger partial charge in [0, 0.05) is 12.8 Å². The summed E-state index contributed by atoms with van der Waals surface area (Å²) in [4.78, 5) is 21.4. The number of carboxylic acid groups (broad SMARTS) is 1. The fourth-order valence-corrected chi connectivity index (χ4v) is 1.20. The Morgan fingerprint density at radius 3 is 2.44 bits per heavy atom. The molecule has 4 heteroatoms. The summed E-state index contributed by atoms with van der Waals surface area (Å²) in [5.74, 6) is -0.446. The van der Waals surface area contributed by atoms with E-state index < -0.39 is 5.97 Å². The van der Waals surface area contributed by atoms with Gasteiger partial charge < -0.3 is 9.84 Å². The molecular formula is C12H22O4. The predicted molar refractivity (Wildman–Crippen MR) is 61.1 cm³/mol. The number of carbonyl (C=O) groups excluding carboxylic acids is 1. The van der Waals surface area contributed by atoms with Crippen molar-refractivity contribution in [2.24, 2.45) is 5.92 Å². The highest BCUT2D eigenvalue weighted by atomic mass is 16.5. The molecule has 16 heavy (non-hydrogen) atoms. The highest BCUT2D eigenvalue weighted by Crippen LogP contribution is 2.07. The Kier molecular flexibility index (Phi) is 8.58. The fraction of sp³-hybridized carbons (Fsp3) is 0.833. The molecule has 0 saturated carbocycles. The second-order valence-electron chi connectivity index (χ2n) is 4.12. The van der Waals surface area contributed by atoms with Crippen LogP contribution in [0.4, 0.5) is 0 Å². The lowest BCUT2D eigenvalue weighted by molar-refractivity contribution is -0.144. The summed E-state index contributed by atoms with van der Waals surface area (Å²) in [5.41, 5.74) is 0. The van der Waals surface area contributed by atoms with Crippen LogP contribution in [0.5, 0.6) is 0 Å². The molecule has 4 nitrogen and oxygen atoms in total. The third-order valence-electron chi connectivity index (χ3n) is 2.59. The van der Waals surface area contributed by atoms with Gasteiger partial charge in [0.2, 0.25) is 0 Å². The van der Waals surface area contributed by atoms with E-state index in [1.54, 1.807) is 0 Å². The van der Waals surface area contributed by atoms with E-state index in [1.165, 1.54) is 0 Å². The minimum Gasteiger partial charge on any atom is -0.481 e. The SMILES string of the molecule is CCC(C)CCOC(=O)CCCCC(=O)O. The van der Waals surface area contributed by atoms with Gasteiger partial charge in [0.15, 0.2) is 0 Å². The number of ether oxygens (including phenoxy) is 1. The fourth-order valence-electron chi connectivity index (χ4n) is 1.20. The number of aliphatic carboxylic acids is 1. The van der Waals surface area contributed by atoms with Crippen LogP contribution in [-0.4, -0.2) is 23.7 Å². The van der Waals surface area contributed by atoms with Crippen LogP contribution in [0.1, 0.15) is 52.4 Å². The zero-order chi connectivity index (χ0) is 12.4. The number of unbranched alkanes of at least 4 members (excludes halogenated alkanes) is 1. The molecule has 0 aromatic carbocycles. The van der Waals surface area contributed by atoms with E-state index in [-0.39, 0.29) is 12.4 Å². The largest absolute Gasteiger partial charge is 0.481 e. The molecule has 1 N–H and O–H groups in total. The van der Waals surface area contributed by atoms with Crippen molar-refractivity contribution < 1.29 is 19.4 Å². The summed E-state index contributed by atoms with van der Waals surface area (Å²) in [5, 5.41) is 8.39. The molecule has 0 aromatic rings. The van der Waals surface area contributed by atoms with Crippen molar-refractivity contribution in [1.82, 2.24) is 0 Å². The van der Waals surface area contributed by atoms with E-state index in [2.05, 4.69) is 13.8 Å². The molecule has 0 heterocycles. The van der Waals surface area contributed by atoms with E-state index in [0.29, 0.717) is 31.8 Å². The molecule has 0 aliphatic rings. The van der Waals surface area contributed by atoms with Gasteiger partial charge in [-0.15, -0.1) is 0 Å². The lowest BCUT2D eigenvalue weighted by atomic mass is 10.1. The number of carbonyl (C=O) groups is 2. The van der Waals surface area contributed by atoms with Crippen LogP contribution in [0.3, 0.4) is 0 Å². The van der Waals surface area contributed by atoms with E-state index in [4.69, 9.17) is 9.84 Å². The molecule has 0 spiro atoms. The summed E-state index contributed by atoms with van der Waals surface area (Å²) in [6, 6.07) is 0. The molecular weight excluding hydrogens is 208 g/mol. The first-order chi connectivity index (χ1) is 7.56. The maximum absolute atomic E-state index is 11.2. The number of rotatable bonds is 9. The van der Waals surface area contributed by atoms with Crippen molar-refractivity contribution >= 4 is 11.9 Å². The topological polar surface area (TPSA) is 63.6 Å². The van der Waals surface area contributed by atoms with Gasteiger partial charge in [-0.1, -0.05) is 20.3 Å². The number of esters is 1. The molecule has 1 atom stereocenters. The van der Waals surface area contributed by atoms with Crippen molar-refractivity contribution in [3.05, 3.63) is 0 Å². The number of hydrogen-bond donors (Lipinski definition) is 1. The van der Waals surface area contributed by atoms with Crippen molar-refractivity contribution in [2.45, 2.75) is 52.4 Å². The van der Waals surface area contributed by atoms with Crippen LogP contribution in [0.15, 0.2) is 0 Å². The molecule has 0 aliphatic carbocycles. The van der Waals surface area contributed by atoms with Crippen LogP contribution in [0.2, 0.25) is 0 Å². The molecule has 0 fully saturated rings. The molecule has 0 amide bonds. The first-order valence-corrected chi connectivity index (χ1v) is 5.93. The van der Waals surface area contributed by atoms with E-state index >= 15 is 0 Å². The summed E-state index contributed by atoms with van der Waals surface area (Å²) in [6.07, 6.45) is 3.58. The predicted octanol–water partition coefficient (Wildman–Crippen LogP) is 2.61. The standard InChI is InChI=1S/C12H22O4/c1-3-10(2)8-9-16-12(15)7-5-4-6-11(13)14/h10H,3-9H2,1-2H3,(H,13,14). The van der Waals surface area contributed by atoms with Crippen LogP contribution in [-0.2, 0) is 14.3 Å². The second-order valence-corrected chi connectivity index (χ2v) is 4.12. The molecule has 94 valence electrons. The van der Waals surface area contributed by atoms with Gasteiger partial charge in [0.1, 0.15) is 0 Å². The van der Waals surface area contributed by atoms with Gasteiger partial charge in [0.25, 0.3) is 0 Å². The summed E-state index contributed by atoms with van der Waals surface area (Å²) >= 11 is 0. The molecule has 0 saturated heterocycles. The van der Waals surface area contributed by atoms with Crippen molar-refractivity contribution in [3.8, 4) is 0 Å². The van der Waals surface area contributed by atoms with Crippen LogP contribution in [0, 0.1) is 5.92 Å². The number of hydrogen-bond acceptors (Lipinski definition) is 3. The summed E-state index contributed by atoms with van der Waals surface area (Å²) in [6.45, 7) is 4.71. The maximum Gasteiger partial charge on any atom is 0.305 e. The monoisotopic (exact) mass is 230 g/mol. The summed E-state index contributed by atoms with van der Waals surface area (Å²) in [7, 11) is 0. The van der Waals surface area contributed by atoms with Crippen LogP contribution in [0.25, 0.3) is 0 Å². The highest BCUT2D eigenvalue weighted by Gasteiger charge is 2.05. The van der Waals surface area contributed by atoms with E-state index in [1.807, 2.05) is 0 Å². The lowest BCUT2D eigenvalue weighted by Crippen LogP contribution is -2.08. The Labute approximate surface area is 97.0 Å². The van der Waals surface area contributed by atoms with Gasteiger partial charge in [-0.25, -0.2) is 0 Å². The smallest absolute Gasteiger partial charge is 0.305 e. The Balaban J connectivity index is 3.34. The third-order valence-corrected chi connectivity index (χ3v) is 2.59. The second kappa shape index (κ2) is 9.19. The van der Waals surface area contributed by atoms with Gasteiger partial charge in [0.05, 0.1) is 6.61 Å². The highest BCUT2D eigenvalue weighted by molar-refractivity contribution is 5.69. The maximum atomic E-state index is 11.2. The van der Waals surface area contributed by atoms with Crippen LogP contribution >= 0.6 is 0 Å². The van der Waals surface area contributed by atoms with Crippen molar-refractivity contribution in [2.75, 3.05) is 6.61 Å². The van der Waals surface area contributed by atoms with E-state index in [0.717, 1.165) is 12.8 Å². The van der Waals surface area contributed by atoms with E-state index in [9.17, 15) is 9.59 Å². The first kappa shape index (κ1) is 14.9. The summed E-state index contributed by atoms with van der Waals surface area (Å²) < 4.78 is 5.04. The molecule has 0 aromatic heterocycles. The minimum absolute atomic E-state index is 0.125. The Hall–Kier alpha value is -1.06. The molecule has 0 radical (unpaired) electrons.